The van der Waals surface area contributed by atoms with Gasteiger partial charge >= 0.3 is 0 Å². The van der Waals surface area contributed by atoms with Crippen molar-refractivity contribution in [2.75, 3.05) is 32.8 Å². The molecule has 6 heteroatoms. The number of nitrogens with zero attached hydrogens (tertiary/aromatic N) is 1. The van der Waals surface area contributed by atoms with Crippen LogP contribution in [0.4, 0.5) is 0 Å². The highest BCUT2D eigenvalue weighted by molar-refractivity contribution is 9.10. The average Bonchev–Trinajstić information content (AvgIpc) is 2.68. The van der Waals surface area contributed by atoms with Crippen molar-refractivity contribution < 1.29 is 14.3 Å². The standard InChI is InChI=1S/C21H25BrN2O3/c22-18-7-4-8-19(13-18)26-11-9-21(25)23-14-20-16-24(10-12-27-20)15-17-5-2-1-3-6-17/h1-8,13,20H,9-12,14-16H2,(H,23,25). The summed E-state index contributed by atoms with van der Waals surface area (Å²) >= 11 is 3.40. The van der Waals surface area contributed by atoms with Crippen LogP contribution in [0.1, 0.15) is 12.0 Å². The van der Waals surface area contributed by atoms with Crippen molar-refractivity contribution >= 4 is 21.8 Å². The van der Waals surface area contributed by atoms with Gasteiger partial charge in [0.1, 0.15) is 5.75 Å². The van der Waals surface area contributed by atoms with E-state index in [0.29, 0.717) is 26.2 Å². The molecule has 1 aliphatic heterocycles. The Balaban J connectivity index is 1.34. The Morgan fingerprint density at radius 1 is 1.22 bits per heavy atom. The van der Waals surface area contributed by atoms with E-state index in [1.807, 2.05) is 30.3 Å². The Morgan fingerprint density at radius 3 is 2.89 bits per heavy atom. The summed E-state index contributed by atoms with van der Waals surface area (Å²) in [6.45, 7) is 4.23. The molecular formula is C21H25BrN2O3. The number of morpholine rings is 1. The molecule has 5 nitrogen and oxygen atoms in total. The van der Waals surface area contributed by atoms with E-state index < -0.39 is 0 Å². The third-order valence-corrected chi connectivity index (χ3v) is 4.89. The average molecular weight is 433 g/mol. The van der Waals surface area contributed by atoms with Crippen LogP contribution >= 0.6 is 15.9 Å². The molecule has 0 aromatic heterocycles. The lowest BCUT2D eigenvalue weighted by molar-refractivity contribution is -0.122. The van der Waals surface area contributed by atoms with Crippen LogP contribution in [0.5, 0.6) is 5.75 Å². The third kappa shape index (κ3) is 6.97. The van der Waals surface area contributed by atoms with Gasteiger partial charge < -0.3 is 14.8 Å². The summed E-state index contributed by atoms with van der Waals surface area (Å²) in [6.07, 6.45) is 0.352. The molecule has 2 aromatic rings. The number of benzene rings is 2. The maximum atomic E-state index is 12.0. The minimum absolute atomic E-state index is 0.0196. The van der Waals surface area contributed by atoms with Crippen LogP contribution in [0.3, 0.4) is 0 Å². The number of halogens is 1. The number of hydrogen-bond donors (Lipinski definition) is 1. The highest BCUT2D eigenvalue weighted by Gasteiger charge is 2.21. The predicted molar refractivity (Wildman–Crippen MR) is 109 cm³/mol. The van der Waals surface area contributed by atoms with Gasteiger partial charge in [-0.05, 0) is 23.8 Å². The van der Waals surface area contributed by atoms with Crippen LogP contribution in [-0.4, -0.2) is 49.8 Å². The molecule has 1 atom stereocenters. The summed E-state index contributed by atoms with van der Waals surface area (Å²) in [7, 11) is 0. The minimum Gasteiger partial charge on any atom is -0.493 e. The van der Waals surface area contributed by atoms with Crippen molar-refractivity contribution in [1.29, 1.82) is 0 Å². The van der Waals surface area contributed by atoms with Crippen LogP contribution in [-0.2, 0) is 16.1 Å². The third-order valence-electron chi connectivity index (χ3n) is 4.39. The van der Waals surface area contributed by atoms with Gasteiger partial charge in [0.15, 0.2) is 0 Å². The number of ether oxygens (including phenoxy) is 2. The molecule has 1 saturated heterocycles. The van der Waals surface area contributed by atoms with Crippen LogP contribution in [0, 0.1) is 0 Å². The normalized spacial score (nSPS) is 17.4. The Labute approximate surface area is 168 Å². The van der Waals surface area contributed by atoms with E-state index in [1.165, 1.54) is 5.56 Å². The van der Waals surface area contributed by atoms with Gasteiger partial charge in [-0.1, -0.05) is 52.3 Å². The monoisotopic (exact) mass is 432 g/mol. The maximum Gasteiger partial charge on any atom is 0.223 e. The van der Waals surface area contributed by atoms with Gasteiger partial charge in [-0.25, -0.2) is 0 Å². The lowest BCUT2D eigenvalue weighted by Gasteiger charge is -2.33. The molecule has 1 aliphatic rings. The fourth-order valence-corrected chi connectivity index (χ4v) is 3.40. The summed E-state index contributed by atoms with van der Waals surface area (Å²) in [4.78, 5) is 14.4. The van der Waals surface area contributed by atoms with Crippen molar-refractivity contribution in [2.45, 2.75) is 19.1 Å². The highest BCUT2D eigenvalue weighted by Crippen LogP contribution is 2.17. The molecule has 3 rings (SSSR count). The number of carbonyl (C=O) groups is 1. The molecule has 1 heterocycles. The van der Waals surface area contributed by atoms with Crippen molar-refractivity contribution in [3.8, 4) is 5.75 Å². The SMILES string of the molecule is O=C(CCOc1cccc(Br)c1)NCC1CN(Cc2ccccc2)CCO1. The Morgan fingerprint density at radius 2 is 2.07 bits per heavy atom. The Bertz CT molecular complexity index is 726. The zero-order valence-corrected chi connectivity index (χ0v) is 16.9. The van der Waals surface area contributed by atoms with Crippen LogP contribution in [0.15, 0.2) is 59.1 Å². The second-order valence-corrected chi connectivity index (χ2v) is 7.49. The van der Waals surface area contributed by atoms with Crippen molar-refractivity contribution in [2.24, 2.45) is 0 Å². The van der Waals surface area contributed by atoms with Crippen molar-refractivity contribution in [1.82, 2.24) is 10.2 Å². The Kier molecular flexibility index (Phi) is 7.68. The fourth-order valence-electron chi connectivity index (χ4n) is 3.02. The first kappa shape index (κ1) is 19.9. The predicted octanol–water partition coefficient (Wildman–Crippen LogP) is 3.24. The first-order chi connectivity index (χ1) is 13.2. The second kappa shape index (κ2) is 10.4. The van der Waals surface area contributed by atoms with Gasteiger partial charge in [-0.3, -0.25) is 9.69 Å². The first-order valence-corrected chi connectivity index (χ1v) is 10.0. The van der Waals surface area contributed by atoms with E-state index in [0.717, 1.165) is 29.9 Å². The summed E-state index contributed by atoms with van der Waals surface area (Å²) in [5.41, 5.74) is 1.30. The molecule has 0 spiro atoms. The fraction of sp³-hybridized carbons (Fsp3) is 0.381. The summed E-state index contributed by atoms with van der Waals surface area (Å²) in [6, 6.07) is 18.0. The van der Waals surface area contributed by atoms with Gasteiger partial charge in [0.25, 0.3) is 0 Å². The smallest absolute Gasteiger partial charge is 0.223 e. The molecule has 1 N–H and O–H groups in total. The van der Waals surface area contributed by atoms with Gasteiger partial charge in [0, 0.05) is 30.7 Å². The molecule has 1 fully saturated rings. The molecule has 27 heavy (non-hydrogen) atoms. The first-order valence-electron chi connectivity index (χ1n) is 9.22. The molecule has 0 saturated carbocycles. The maximum absolute atomic E-state index is 12.0. The molecule has 2 aromatic carbocycles. The van der Waals surface area contributed by atoms with E-state index in [4.69, 9.17) is 9.47 Å². The quantitative estimate of drug-likeness (QED) is 0.695. The topological polar surface area (TPSA) is 50.8 Å². The van der Waals surface area contributed by atoms with Gasteiger partial charge in [-0.2, -0.15) is 0 Å². The lowest BCUT2D eigenvalue weighted by atomic mass is 10.2. The number of amides is 1. The van der Waals surface area contributed by atoms with Crippen LogP contribution in [0.25, 0.3) is 0 Å². The van der Waals surface area contributed by atoms with Crippen molar-refractivity contribution in [3.63, 3.8) is 0 Å². The van der Waals surface area contributed by atoms with Gasteiger partial charge in [0.2, 0.25) is 5.91 Å². The Hall–Kier alpha value is -1.89. The number of hydrogen-bond acceptors (Lipinski definition) is 4. The molecular weight excluding hydrogens is 408 g/mol. The number of nitrogens with one attached hydrogen (secondary N) is 1. The summed E-state index contributed by atoms with van der Waals surface area (Å²) in [5, 5.41) is 2.95. The van der Waals surface area contributed by atoms with Crippen molar-refractivity contribution in [3.05, 3.63) is 64.6 Å². The lowest BCUT2D eigenvalue weighted by Crippen LogP contribution is -2.47. The molecule has 1 amide bonds. The molecule has 144 valence electrons. The van der Waals surface area contributed by atoms with E-state index in [9.17, 15) is 4.79 Å². The highest BCUT2D eigenvalue weighted by atomic mass is 79.9. The molecule has 0 aliphatic carbocycles. The second-order valence-electron chi connectivity index (χ2n) is 6.57. The largest absolute Gasteiger partial charge is 0.493 e. The summed E-state index contributed by atoms with van der Waals surface area (Å²) < 4.78 is 12.4. The van der Waals surface area contributed by atoms with E-state index in [1.54, 1.807) is 0 Å². The number of rotatable bonds is 8. The number of carbonyl (C=O) groups excluding carboxylic acids is 1. The molecule has 1 unspecified atom stereocenters. The van der Waals surface area contributed by atoms with E-state index >= 15 is 0 Å². The zero-order chi connectivity index (χ0) is 18.9. The van der Waals surface area contributed by atoms with E-state index in [-0.39, 0.29) is 12.0 Å². The zero-order valence-electron chi connectivity index (χ0n) is 15.3. The van der Waals surface area contributed by atoms with Gasteiger partial charge in [0.05, 0.1) is 25.7 Å². The summed E-state index contributed by atoms with van der Waals surface area (Å²) in [5.74, 6) is 0.734. The van der Waals surface area contributed by atoms with Crippen LogP contribution < -0.4 is 10.1 Å². The van der Waals surface area contributed by atoms with Gasteiger partial charge in [-0.15, -0.1) is 0 Å². The molecule has 0 radical (unpaired) electrons. The van der Waals surface area contributed by atoms with Crippen LogP contribution in [0.2, 0.25) is 0 Å². The van der Waals surface area contributed by atoms with E-state index in [2.05, 4.69) is 50.4 Å². The molecule has 0 bridgehead atoms. The minimum atomic E-state index is -0.0196.